The molecule has 6 rings (SSSR count). The molecule has 0 saturated carbocycles. The predicted octanol–water partition coefficient (Wildman–Crippen LogP) is 5.69. The van der Waals surface area contributed by atoms with Gasteiger partial charge in [0.15, 0.2) is 16.9 Å². The Morgan fingerprint density at radius 2 is 1.74 bits per heavy atom. The second-order valence-electron chi connectivity index (χ2n) is 10.4. The fraction of sp³-hybridized carbons (Fsp3) is 0.333. The van der Waals surface area contributed by atoms with Crippen LogP contribution in [-0.2, 0) is 11.3 Å². The lowest BCUT2D eigenvalue weighted by Gasteiger charge is -2.29. The first-order valence-electron chi connectivity index (χ1n) is 14.3. The Morgan fingerprint density at radius 3 is 2.52 bits per heavy atom. The fourth-order valence-electron chi connectivity index (χ4n) is 5.68. The van der Waals surface area contributed by atoms with Gasteiger partial charge in [0.1, 0.15) is 12.2 Å². The molecule has 1 aromatic heterocycles. The number of fused-ring (bicyclic) bond motifs is 2. The SMILES string of the molecule is CCOc1cc(C2c3c(oc4ccc(Cl)cc4c3=O)C(=O)N2CCCN2CCOCC2)ccc1OCc1ccccc1. The van der Waals surface area contributed by atoms with Crippen molar-refractivity contribution in [1.82, 2.24) is 9.80 Å². The van der Waals surface area contributed by atoms with Crippen molar-refractivity contribution in [2.45, 2.75) is 26.0 Å². The number of amides is 1. The Balaban J connectivity index is 1.37. The van der Waals surface area contributed by atoms with Gasteiger partial charge in [-0.15, -0.1) is 0 Å². The minimum absolute atomic E-state index is 0.0774. The maximum atomic E-state index is 13.9. The third-order valence-corrected chi connectivity index (χ3v) is 7.96. The zero-order chi connectivity index (χ0) is 29.1. The molecule has 218 valence electrons. The first-order chi connectivity index (χ1) is 20.5. The number of ether oxygens (including phenoxy) is 3. The van der Waals surface area contributed by atoms with Crippen LogP contribution in [0.1, 0.15) is 46.6 Å². The third-order valence-electron chi connectivity index (χ3n) is 7.73. The van der Waals surface area contributed by atoms with E-state index in [0.29, 0.717) is 66.0 Å². The highest BCUT2D eigenvalue weighted by Gasteiger charge is 2.42. The van der Waals surface area contributed by atoms with Crippen molar-refractivity contribution in [2.75, 3.05) is 46.0 Å². The summed E-state index contributed by atoms with van der Waals surface area (Å²) in [5.41, 5.74) is 2.18. The Bertz CT molecular complexity index is 1630. The monoisotopic (exact) mass is 588 g/mol. The maximum Gasteiger partial charge on any atom is 0.290 e. The van der Waals surface area contributed by atoms with Gasteiger partial charge in [0.05, 0.1) is 36.8 Å². The molecule has 42 heavy (non-hydrogen) atoms. The number of carbonyl (C=O) groups excluding carboxylic acids is 1. The summed E-state index contributed by atoms with van der Waals surface area (Å²) in [5, 5.41) is 0.776. The van der Waals surface area contributed by atoms with Crippen molar-refractivity contribution in [3.8, 4) is 11.5 Å². The van der Waals surface area contributed by atoms with Crippen LogP contribution < -0.4 is 14.9 Å². The van der Waals surface area contributed by atoms with Gasteiger partial charge in [0, 0.05) is 31.2 Å². The van der Waals surface area contributed by atoms with Gasteiger partial charge in [0.2, 0.25) is 5.76 Å². The van der Waals surface area contributed by atoms with Crippen LogP contribution in [0.5, 0.6) is 11.5 Å². The van der Waals surface area contributed by atoms with Crippen LogP contribution in [0.15, 0.2) is 75.9 Å². The van der Waals surface area contributed by atoms with Gasteiger partial charge in [-0.3, -0.25) is 14.5 Å². The van der Waals surface area contributed by atoms with Crippen molar-refractivity contribution >= 4 is 28.5 Å². The Kier molecular flexibility index (Phi) is 8.46. The Labute approximate surface area is 249 Å². The van der Waals surface area contributed by atoms with Crippen LogP contribution in [0.2, 0.25) is 5.02 Å². The van der Waals surface area contributed by atoms with Crippen molar-refractivity contribution in [1.29, 1.82) is 0 Å². The average Bonchev–Trinajstić information content (AvgIpc) is 3.29. The van der Waals surface area contributed by atoms with Crippen molar-refractivity contribution in [3.63, 3.8) is 0 Å². The number of hydrogen-bond acceptors (Lipinski definition) is 7. The number of morpholine rings is 1. The van der Waals surface area contributed by atoms with E-state index < -0.39 is 6.04 Å². The fourth-order valence-corrected chi connectivity index (χ4v) is 5.85. The van der Waals surface area contributed by atoms with E-state index in [1.807, 2.05) is 55.5 Å². The maximum absolute atomic E-state index is 13.9. The molecule has 1 atom stereocenters. The standard InChI is InChI=1S/C33H33ClN2O6/c1-2-40-28-19-23(9-11-27(28)41-21-22-7-4-3-5-8-22)30-29-31(37)25-20-24(34)10-12-26(25)42-32(29)33(38)36(30)14-6-13-35-15-17-39-18-16-35/h3-5,7-12,19-20,30H,2,6,13-18,21H2,1H3. The second-order valence-corrected chi connectivity index (χ2v) is 10.9. The Hall–Kier alpha value is -3.85. The molecule has 1 amide bonds. The third kappa shape index (κ3) is 5.75. The van der Waals surface area contributed by atoms with Gasteiger partial charge in [-0.05, 0) is 54.8 Å². The van der Waals surface area contributed by atoms with Gasteiger partial charge >= 0.3 is 0 Å². The number of carbonyl (C=O) groups is 1. The van der Waals surface area contributed by atoms with E-state index in [9.17, 15) is 9.59 Å². The molecule has 3 aromatic carbocycles. The van der Waals surface area contributed by atoms with E-state index in [4.69, 9.17) is 30.2 Å². The van der Waals surface area contributed by atoms with Gasteiger partial charge in [-0.25, -0.2) is 0 Å². The predicted molar refractivity (Wildman–Crippen MR) is 161 cm³/mol. The number of benzene rings is 3. The highest BCUT2D eigenvalue weighted by Crippen LogP contribution is 2.41. The van der Waals surface area contributed by atoms with E-state index >= 15 is 0 Å². The quantitative estimate of drug-likeness (QED) is 0.235. The molecule has 0 aliphatic carbocycles. The zero-order valence-corrected chi connectivity index (χ0v) is 24.3. The molecule has 0 bridgehead atoms. The lowest BCUT2D eigenvalue weighted by atomic mass is 9.98. The average molecular weight is 589 g/mol. The molecule has 3 heterocycles. The van der Waals surface area contributed by atoms with Crippen LogP contribution in [0.25, 0.3) is 11.0 Å². The van der Waals surface area contributed by atoms with E-state index in [0.717, 1.165) is 37.2 Å². The molecule has 2 aliphatic rings. The topological polar surface area (TPSA) is 81.5 Å². The van der Waals surface area contributed by atoms with Crippen molar-refractivity contribution in [3.05, 3.63) is 104 Å². The summed E-state index contributed by atoms with van der Waals surface area (Å²) < 4.78 is 23.7. The summed E-state index contributed by atoms with van der Waals surface area (Å²) in [6.45, 7) is 7.16. The number of rotatable bonds is 10. The van der Waals surface area contributed by atoms with Crippen LogP contribution in [-0.4, -0.2) is 61.7 Å². The zero-order valence-electron chi connectivity index (χ0n) is 23.5. The van der Waals surface area contributed by atoms with E-state index in [1.165, 1.54) is 0 Å². The highest BCUT2D eigenvalue weighted by atomic mass is 35.5. The van der Waals surface area contributed by atoms with Gasteiger partial charge in [-0.1, -0.05) is 48.0 Å². The summed E-state index contributed by atoms with van der Waals surface area (Å²) in [5.74, 6) is 0.917. The van der Waals surface area contributed by atoms with E-state index in [-0.39, 0.29) is 17.1 Å². The van der Waals surface area contributed by atoms with Gasteiger partial charge in [-0.2, -0.15) is 0 Å². The minimum atomic E-state index is -0.640. The lowest BCUT2D eigenvalue weighted by molar-refractivity contribution is 0.0353. The molecular formula is C33H33ClN2O6. The minimum Gasteiger partial charge on any atom is -0.490 e. The van der Waals surface area contributed by atoms with Crippen LogP contribution >= 0.6 is 11.6 Å². The smallest absolute Gasteiger partial charge is 0.290 e. The molecule has 4 aromatic rings. The summed E-state index contributed by atoms with van der Waals surface area (Å²) in [6, 6.07) is 19.7. The molecule has 2 aliphatic heterocycles. The Morgan fingerprint density at radius 1 is 0.929 bits per heavy atom. The molecular weight excluding hydrogens is 556 g/mol. The molecule has 0 N–H and O–H groups in total. The first-order valence-corrected chi connectivity index (χ1v) is 14.7. The van der Waals surface area contributed by atoms with E-state index in [2.05, 4.69) is 4.90 Å². The summed E-state index contributed by atoms with van der Waals surface area (Å²) in [7, 11) is 0. The van der Waals surface area contributed by atoms with Crippen LogP contribution in [0.3, 0.4) is 0 Å². The molecule has 0 radical (unpaired) electrons. The molecule has 9 heteroatoms. The van der Waals surface area contributed by atoms with Crippen molar-refractivity contribution < 1.29 is 23.4 Å². The first kappa shape index (κ1) is 28.3. The normalized spacial score (nSPS) is 17.0. The largest absolute Gasteiger partial charge is 0.490 e. The number of nitrogens with zero attached hydrogens (tertiary/aromatic N) is 2. The van der Waals surface area contributed by atoms with Crippen LogP contribution in [0, 0.1) is 0 Å². The number of hydrogen-bond donors (Lipinski definition) is 0. The summed E-state index contributed by atoms with van der Waals surface area (Å²) in [4.78, 5) is 31.8. The summed E-state index contributed by atoms with van der Waals surface area (Å²) >= 11 is 6.24. The van der Waals surface area contributed by atoms with Crippen LogP contribution in [0.4, 0.5) is 0 Å². The van der Waals surface area contributed by atoms with Gasteiger partial charge < -0.3 is 23.5 Å². The summed E-state index contributed by atoms with van der Waals surface area (Å²) in [6.07, 6.45) is 0.742. The molecule has 1 fully saturated rings. The second kappa shape index (κ2) is 12.6. The molecule has 0 spiro atoms. The molecule has 1 saturated heterocycles. The van der Waals surface area contributed by atoms with E-state index in [1.54, 1.807) is 23.1 Å². The molecule has 8 nitrogen and oxygen atoms in total. The number of halogens is 1. The van der Waals surface area contributed by atoms with Crippen molar-refractivity contribution in [2.24, 2.45) is 0 Å². The molecule has 1 unspecified atom stereocenters. The van der Waals surface area contributed by atoms with Gasteiger partial charge in [0.25, 0.3) is 5.91 Å². The lowest BCUT2D eigenvalue weighted by Crippen LogP contribution is -2.38. The highest BCUT2D eigenvalue weighted by molar-refractivity contribution is 6.31.